The van der Waals surface area contributed by atoms with Gasteiger partial charge in [0.1, 0.15) is 24.4 Å². The number of aliphatic hydroxyl groups is 1. The quantitative estimate of drug-likeness (QED) is 0.193. The summed E-state index contributed by atoms with van der Waals surface area (Å²) in [5, 5.41) is 14.3. The molecule has 5 aromatic carbocycles. The average Bonchev–Trinajstić information content (AvgIpc) is 2.94. The maximum atomic E-state index is 11.2. The molecule has 0 spiro atoms. The van der Waals surface area contributed by atoms with E-state index in [1.807, 2.05) is 72.8 Å². The van der Waals surface area contributed by atoms with Crippen LogP contribution in [0.15, 0.2) is 91.0 Å². The van der Waals surface area contributed by atoms with Gasteiger partial charge in [-0.15, -0.1) is 0 Å². The first-order valence-electron chi connectivity index (χ1n) is 11.7. The Morgan fingerprint density at radius 3 is 2.28 bits per heavy atom. The lowest BCUT2D eigenvalue weighted by molar-refractivity contribution is 0.0500. The Labute approximate surface area is 209 Å². The lowest BCUT2D eigenvalue weighted by atomic mass is 9.90. The zero-order valence-electron chi connectivity index (χ0n) is 19.9. The van der Waals surface area contributed by atoms with Gasteiger partial charge in [-0.05, 0) is 45.3 Å². The predicted molar refractivity (Wildman–Crippen MR) is 141 cm³/mol. The SMILES string of the molecule is COCOc1c(CO)cc2ccccc2c1-c1c(OCc2cccc(C=O)c2)ccc2ccccc12. The van der Waals surface area contributed by atoms with Gasteiger partial charge in [0.05, 0.1) is 6.61 Å². The minimum Gasteiger partial charge on any atom is -0.488 e. The number of aldehydes is 1. The first-order chi connectivity index (χ1) is 17.7. The van der Waals surface area contributed by atoms with Crippen LogP contribution in [0.1, 0.15) is 21.5 Å². The van der Waals surface area contributed by atoms with Crippen LogP contribution in [-0.4, -0.2) is 25.3 Å². The normalized spacial score (nSPS) is 11.1. The summed E-state index contributed by atoms with van der Waals surface area (Å²) in [6.45, 7) is 0.146. The smallest absolute Gasteiger partial charge is 0.188 e. The molecule has 0 aliphatic carbocycles. The number of hydrogen-bond acceptors (Lipinski definition) is 5. The molecule has 0 bridgehead atoms. The highest BCUT2D eigenvalue weighted by Gasteiger charge is 2.22. The number of carbonyl (C=O) groups excluding carboxylic acids is 1. The first-order valence-corrected chi connectivity index (χ1v) is 11.7. The largest absolute Gasteiger partial charge is 0.488 e. The molecule has 180 valence electrons. The van der Waals surface area contributed by atoms with Crippen molar-refractivity contribution < 1.29 is 24.1 Å². The molecule has 5 rings (SSSR count). The number of rotatable bonds is 9. The van der Waals surface area contributed by atoms with E-state index in [-0.39, 0.29) is 13.4 Å². The number of ether oxygens (including phenoxy) is 3. The van der Waals surface area contributed by atoms with Crippen molar-refractivity contribution in [1.29, 1.82) is 0 Å². The average molecular weight is 479 g/mol. The Morgan fingerprint density at radius 1 is 0.778 bits per heavy atom. The van der Waals surface area contributed by atoms with E-state index in [9.17, 15) is 9.90 Å². The molecule has 5 heteroatoms. The molecule has 0 atom stereocenters. The standard InChI is InChI=1S/C31H26O5/c1-34-20-36-31-25(18-33)16-24-10-3-5-12-27(24)30(31)29-26-11-4-2-9-23(26)13-14-28(29)35-19-22-8-6-7-21(15-22)17-32/h2-17,33H,18-20H2,1H3. The van der Waals surface area contributed by atoms with E-state index in [1.165, 1.54) is 0 Å². The van der Waals surface area contributed by atoms with Crippen LogP contribution in [0.5, 0.6) is 11.5 Å². The van der Waals surface area contributed by atoms with Crippen molar-refractivity contribution in [3.05, 3.63) is 108 Å². The van der Waals surface area contributed by atoms with Crippen molar-refractivity contribution in [2.24, 2.45) is 0 Å². The lowest BCUT2D eigenvalue weighted by Gasteiger charge is -2.21. The molecule has 5 nitrogen and oxygen atoms in total. The summed E-state index contributed by atoms with van der Waals surface area (Å²) in [5.74, 6) is 1.23. The lowest BCUT2D eigenvalue weighted by Crippen LogP contribution is -2.05. The van der Waals surface area contributed by atoms with Gasteiger partial charge in [0.15, 0.2) is 6.79 Å². The Balaban J connectivity index is 1.76. The topological polar surface area (TPSA) is 65.0 Å². The second kappa shape index (κ2) is 10.6. The molecular formula is C31H26O5. The number of benzene rings is 5. The van der Waals surface area contributed by atoms with E-state index in [2.05, 4.69) is 12.1 Å². The molecule has 0 unspecified atom stereocenters. The van der Waals surface area contributed by atoms with Crippen LogP contribution in [0.2, 0.25) is 0 Å². The van der Waals surface area contributed by atoms with E-state index in [1.54, 1.807) is 13.2 Å². The van der Waals surface area contributed by atoms with Crippen LogP contribution in [0.4, 0.5) is 0 Å². The molecule has 36 heavy (non-hydrogen) atoms. The third-order valence-electron chi connectivity index (χ3n) is 6.19. The van der Waals surface area contributed by atoms with E-state index >= 15 is 0 Å². The summed E-state index contributed by atoms with van der Waals surface area (Å²) in [4.78, 5) is 11.2. The molecule has 0 fully saturated rings. The molecule has 0 aliphatic rings. The van der Waals surface area contributed by atoms with E-state index < -0.39 is 0 Å². The van der Waals surface area contributed by atoms with Crippen molar-refractivity contribution >= 4 is 27.8 Å². The van der Waals surface area contributed by atoms with Crippen LogP contribution < -0.4 is 9.47 Å². The van der Waals surface area contributed by atoms with Crippen LogP contribution in [-0.2, 0) is 18.0 Å². The fraction of sp³-hybridized carbons (Fsp3) is 0.129. The van der Waals surface area contributed by atoms with Gasteiger partial charge in [0, 0.05) is 29.4 Å². The second-order valence-corrected chi connectivity index (χ2v) is 8.48. The third kappa shape index (κ3) is 4.54. The molecule has 0 aromatic heterocycles. The van der Waals surface area contributed by atoms with Gasteiger partial charge in [0.25, 0.3) is 0 Å². The summed E-state index contributed by atoms with van der Waals surface area (Å²) in [7, 11) is 1.57. The predicted octanol–water partition coefficient (Wildman–Crippen LogP) is 6.53. The Bertz CT molecular complexity index is 1540. The molecule has 1 N–H and O–H groups in total. The second-order valence-electron chi connectivity index (χ2n) is 8.48. The van der Waals surface area contributed by atoms with Gasteiger partial charge in [-0.1, -0.05) is 72.8 Å². The zero-order chi connectivity index (χ0) is 24.9. The van der Waals surface area contributed by atoms with E-state index in [4.69, 9.17) is 14.2 Å². The molecule has 0 heterocycles. The highest BCUT2D eigenvalue weighted by molar-refractivity contribution is 6.10. The molecule has 0 saturated heterocycles. The zero-order valence-corrected chi connectivity index (χ0v) is 19.9. The molecule has 0 saturated carbocycles. The van der Waals surface area contributed by atoms with Gasteiger partial charge in [-0.25, -0.2) is 0 Å². The van der Waals surface area contributed by atoms with Crippen LogP contribution in [0, 0.1) is 0 Å². The number of aliphatic hydroxyl groups excluding tert-OH is 1. The van der Waals surface area contributed by atoms with Gasteiger partial charge >= 0.3 is 0 Å². The van der Waals surface area contributed by atoms with Gasteiger partial charge in [-0.3, -0.25) is 4.79 Å². The van der Waals surface area contributed by atoms with Crippen LogP contribution in [0.3, 0.4) is 0 Å². The molecule has 0 amide bonds. The summed E-state index contributed by atoms with van der Waals surface area (Å²) in [5.41, 5.74) is 3.87. The number of methoxy groups -OCH3 is 1. The summed E-state index contributed by atoms with van der Waals surface area (Å²) in [6, 6.07) is 29.5. The fourth-order valence-corrected chi connectivity index (χ4v) is 4.58. The summed E-state index contributed by atoms with van der Waals surface area (Å²) in [6.07, 6.45) is 0.830. The fourth-order valence-electron chi connectivity index (χ4n) is 4.58. The number of carbonyl (C=O) groups is 1. The van der Waals surface area contributed by atoms with Gasteiger partial charge in [0.2, 0.25) is 0 Å². The minimum absolute atomic E-state index is 0.0395. The summed E-state index contributed by atoms with van der Waals surface area (Å²) < 4.78 is 17.7. The van der Waals surface area contributed by atoms with E-state index in [0.29, 0.717) is 29.2 Å². The highest BCUT2D eigenvalue weighted by Crippen LogP contribution is 2.47. The highest BCUT2D eigenvalue weighted by atomic mass is 16.7. The first kappa shape index (κ1) is 23.5. The summed E-state index contributed by atoms with van der Waals surface area (Å²) >= 11 is 0. The maximum absolute atomic E-state index is 11.2. The molecular weight excluding hydrogens is 452 g/mol. The van der Waals surface area contributed by atoms with Crippen molar-refractivity contribution in [1.82, 2.24) is 0 Å². The Hall–Kier alpha value is -4.19. The maximum Gasteiger partial charge on any atom is 0.188 e. The van der Waals surface area contributed by atoms with Crippen molar-refractivity contribution in [3.63, 3.8) is 0 Å². The number of hydrogen-bond donors (Lipinski definition) is 1. The minimum atomic E-state index is -0.184. The van der Waals surface area contributed by atoms with Crippen molar-refractivity contribution in [2.45, 2.75) is 13.2 Å². The molecule has 0 radical (unpaired) electrons. The molecule has 5 aromatic rings. The van der Waals surface area contributed by atoms with Crippen LogP contribution >= 0.6 is 0 Å². The van der Waals surface area contributed by atoms with Gasteiger partial charge < -0.3 is 19.3 Å². The van der Waals surface area contributed by atoms with Crippen LogP contribution in [0.25, 0.3) is 32.7 Å². The van der Waals surface area contributed by atoms with Crippen molar-refractivity contribution in [3.8, 4) is 22.6 Å². The monoisotopic (exact) mass is 478 g/mol. The molecule has 0 aliphatic heterocycles. The van der Waals surface area contributed by atoms with Crippen molar-refractivity contribution in [2.75, 3.05) is 13.9 Å². The van der Waals surface area contributed by atoms with Gasteiger partial charge in [-0.2, -0.15) is 0 Å². The third-order valence-corrected chi connectivity index (χ3v) is 6.19. The Morgan fingerprint density at radius 2 is 1.53 bits per heavy atom. The Kier molecular flexibility index (Phi) is 6.94. The van der Waals surface area contributed by atoms with E-state index in [0.717, 1.165) is 44.5 Å². The number of fused-ring (bicyclic) bond motifs is 2.